The Bertz CT molecular complexity index is 3370. The van der Waals surface area contributed by atoms with Gasteiger partial charge in [-0.15, -0.1) is 10.2 Å². The molecule has 7 nitrogen and oxygen atoms in total. The zero-order valence-electron chi connectivity index (χ0n) is 32.8. The van der Waals surface area contributed by atoms with Crippen molar-refractivity contribution in [3.05, 3.63) is 212 Å². The molecule has 0 amide bonds. The molecule has 0 saturated carbocycles. The summed E-state index contributed by atoms with van der Waals surface area (Å²) in [6.45, 7) is 0. The number of pyridine rings is 2. The largest absolute Gasteiger partial charge is 0.294 e. The summed E-state index contributed by atoms with van der Waals surface area (Å²) in [6.07, 6.45) is 0. The van der Waals surface area contributed by atoms with E-state index in [2.05, 4.69) is 184 Å². The molecule has 5 aromatic heterocycles. The average Bonchev–Trinajstić information content (AvgIpc) is 4.03. The van der Waals surface area contributed by atoms with Crippen LogP contribution in [0.5, 0.6) is 0 Å². The Hall–Kier alpha value is -8.42. The molecule has 0 aliphatic heterocycles. The normalized spacial score (nSPS) is 11.6. The minimum Gasteiger partial charge on any atom is -0.294 e. The summed E-state index contributed by atoms with van der Waals surface area (Å²) in [6, 6.07) is 73.9. The van der Waals surface area contributed by atoms with E-state index in [4.69, 9.17) is 20.2 Å². The number of benzene rings is 7. The summed E-state index contributed by atoms with van der Waals surface area (Å²) in [7, 11) is 0. The molecule has 0 radical (unpaired) electrons. The van der Waals surface area contributed by atoms with E-state index in [1.807, 2.05) is 42.5 Å². The molecule has 5 heterocycles. The molecule has 0 atom stereocenters. The molecule has 0 spiro atoms. The summed E-state index contributed by atoms with van der Waals surface area (Å²) < 4.78 is 6.55. The van der Waals surface area contributed by atoms with E-state index in [0.717, 1.165) is 39.4 Å². The van der Waals surface area contributed by atoms with Crippen molar-refractivity contribution in [3.8, 4) is 62.6 Å². The van der Waals surface area contributed by atoms with Crippen molar-refractivity contribution in [2.24, 2.45) is 0 Å². The average molecular weight is 782 g/mol. The summed E-state index contributed by atoms with van der Waals surface area (Å²) in [4.78, 5) is 10.7. The van der Waals surface area contributed by atoms with E-state index < -0.39 is 0 Å². The maximum absolute atomic E-state index is 5.33. The molecule has 0 aliphatic rings. The molecular weight excluding hydrogens is 747 g/mol. The molecule has 7 heteroatoms. The van der Waals surface area contributed by atoms with Gasteiger partial charge in [-0.25, -0.2) is 9.97 Å². The summed E-state index contributed by atoms with van der Waals surface area (Å²) in [5, 5.41) is 14.4. The van der Waals surface area contributed by atoms with Crippen molar-refractivity contribution in [1.82, 2.24) is 33.9 Å². The second-order valence-corrected chi connectivity index (χ2v) is 15.2. The van der Waals surface area contributed by atoms with Crippen LogP contribution in [-0.4, -0.2) is 33.9 Å². The van der Waals surface area contributed by atoms with Gasteiger partial charge in [-0.1, -0.05) is 140 Å². The predicted octanol–water partition coefficient (Wildman–Crippen LogP) is 12.9. The second-order valence-electron chi connectivity index (χ2n) is 15.2. The Labute approximate surface area is 351 Å². The van der Waals surface area contributed by atoms with Crippen LogP contribution in [-0.2, 0) is 0 Å². The van der Waals surface area contributed by atoms with Crippen LogP contribution in [0.15, 0.2) is 212 Å². The molecule has 12 rings (SSSR count). The Morgan fingerprint density at radius 2 is 0.689 bits per heavy atom. The van der Waals surface area contributed by atoms with E-state index in [1.165, 1.54) is 43.8 Å². The molecule has 0 fully saturated rings. The van der Waals surface area contributed by atoms with Crippen LogP contribution in [0.25, 0.3) is 106 Å². The minimum atomic E-state index is 0.618. The van der Waals surface area contributed by atoms with Gasteiger partial charge in [-0.3, -0.25) is 13.7 Å². The number of fused-ring (bicyclic) bond motifs is 6. The number of hydrogen-bond acceptors (Lipinski definition) is 4. The molecule has 61 heavy (non-hydrogen) atoms. The van der Waals surface area contributed by atoms with Gasteiger partial charge in [-0.05, 0) is 95.1 Å². The fourth-order valence-electron chi connectivity index (χ4n) is 8.84. The third kappa shape index (κ3) is 5.74. The molecule has 12 aromatic rings. The van der Waals surface area contributed by atoms with Gasteiger partial charge < -0.3 is 0 Å². The number of para-hydroxylation sites is 3. The lowest BCUT2D eigenvalue weighted by molar-refractivity contribution is 1.02. The summed E-state index contributed by atoms with van der Waals surface area (Å²) in [5.74, 6) is 2.82. The highest BCUT2D eigenvalue weighted by atomic mass is 15.3. The predicted molar refractivity (Wildman–Crippen MR) is 247 cm³/mol. The number of hydrogen-bond donors (Lipinski definition) is 0. The van der Waals surface area contributed by atoms with Crippen LogP contribution in [0.4, 0.5) is 0 Å². The zero-order valence-corrected chi connectivity index (χ0v) is 32.8. The standard InChI is InChI=1S/C54H35N7/c1-4-16-36(17-5-1)38-30-32-49-43(34-38)41-22-10-12-26-47(41)60(49)51-28-14-24-45(55-51)53-57-58-54(59(53)40-20-8-3-9-21-40)46-25-15-29-52(56-46)61-48-27-13-11-23-42(48)44-35-39(31-33-50(44)61)37-18-6-2-7-19-37/h1-35H. The first-order chi connectivity index (χ1) is 30.3. The van der Waals surface area contributed by atoms with Crippen molar-refractivity contribution < 1.29 is 0 Å². The van der Waals surface area contributed by atoms with Crippen molar-refractivity contribution in [3.63, 3.8) is 0 Å². The highest BCUT2D eigenvalue weighted by Crippen LogP contribution is 2.37. The van der Waals surface area contributed by atoms with Gasteiger partial charge in [0, 0.05) is 27.2 Å². The van der Waals surface area contributed by atoms with Crippen LogP contribution >= 0.6 is 0 Å². The first-order valence-corrected chi connectivity index (χ1v) is 20.4. The molecule has 7 aromatic carbocycles. The van der Waals surface area contributed by atoms with Gasteiger partial charge in [0.25, 0.3) is 0 Å². The van der Waals surface area contributed by atoms with Gasteiger partial charge in [0.1, 0.15) is 23.0 Å². The van der Waals surface area contributed by atoms with Gasteiger partial charge in [-0.2, -0.15) is 0 Å². The summed E-state index contributed by atoms with van der Waals surface area (Å²) >= 11 is 0. The number of aromatic nitrogens is 7. The van der Waals surface area contributed by atoms with Crippen molar-refractivity contribution in [1.29, 1.82) is 0 Å². The van der Waals surface area contributed by atoms with Crippen molar-refractivity contribution in [2.45, 2.75) is 0 Å². The smallest absolute Gasteiger partial charge is 0.187 e. The first kappa shape index (κ1) is 34.6. The first-order valence-electron chi connectivity index (χ1n) is 20.4. The maximum Gasteiger partial charge on any atom is 0.187 e. The Morgan fingerprint density at radius 3 is 1.16 bits per heavy atom. The topological polar surface area (TPSA) is 66.3 Å². The van der Waals surface area contributed by atoms with E-state index >= 15 is 0 Å². The Balaban J connectivity index is 0.998. The number of nitrogens with zero attached hydrogens (tertiary/aromatic N) is 7. The third-order valence-electron chi connectivity index (χ3n) is 11.6. The molecule has 0 bridgehead atoms. The van der Waals surface area contributed by atoms with Gasteiger partial charge >= 0.3 is 0 Å². The highest BCUT2D eigenvalue weighted by Gasteiger charge is 2.22. The highest BCUT2D eigenvalue weighted by molar-refractivity contribution is 6.11. The Morgan fingerprint density at radius 1 is 0.279 bits per heavy atom. The lowest BCUT2D eigenvalue weighted by Gasteiger charge is -2.13. The lowest BCUT2D eigenvalue weighted by Crippen LogP contribution is -2.05. The van der Waals surface area contributed by atoms with Crippen molar-refractivity contribution >= 4 is 43.6 Å². The maximum atomic E-state index is 5.33. The molecule has 0 unspecified atom stereocenters. The van der Waals surface area contributed by atoms with Crippen LogP contribution in [0, 0.1) is 0 Å². The number of rotatable bonds is 7. The van der Waals surface area contributed by atoms with Gasteiger partial charge in [0.2, 0.25) is 0 Å². The fraction of sp³-hybridized carbons (Fsp3) is 0. The SMILES string of the molecule is c1ccc(-c2ccc3c(c2)c2ccccc2n3-c2cccc(-c3nnc(-c4cccc(-n5c6ccccc6c6cc(-c7ccccc7)ccc65)n4)n3-c3ccccc3)n2)cc1. The van der Waals surface area contributed by atoms with Crippen LogP contribution in [0.3, 0.4) is 0 Å². The molecule has 0 aliphatic carbocycles. The monoisotopic (exact) mass is 781 g/mol. The van der Waals surface area contributed by atoms with E-state index in [-0.39, 0.29) is 0 Å². The van der Waals surface area contributed by atoms with Crippen molar-refractivity contribution in [2.75, 3.05) is 0 Å². The quantitative estimate of drug-likeness (QED) is 0.161. The minimum absolute atomic E-state index is 0.618. The molecule has 0 N–H and O–H groups in total. The third-order valence-corrected chi connectivity index (χ3v) is 11.6. The second kappa shape index (κ2) is 14.1. The lowest BCUT2D eigenvalue weighted by atomic mass is 10.0. The molecular formula is C54H35N7. The van der Waals surface area contributed by atoms with Gasteiger partial charge in [0.05, 0.1) is 22.1 Å². The fourth-order valence-corrected chi connectivity index (χ4v) is 8.84. The Kier molecular flexibility index (Phi) is 8.03. The zero-order chi connectivity index (χ0) is 40.3. The van der Waals surface area contributed by atoms with E-state index in [0.29, 0.717) is 23.0 Å². The van der Waals surface area contributed by atoms with E-state index in [9.17, 15) is 0 Å². The molecule has 286 valence electrons. The van der Waals surface area contributed by atoms with Crippen LogP contribution < -0.4 is 0 Å². The van der Waals surface area contributed by atoms with E-state index in [1.54, 1.807) is 0 Å². The van der Waals surface area contributed by atoms with Crippen LogP contribution in [0.2, 0.25) is 0 Å². The summed E-state index contributed by atoms with van der Waals surface area (Å²) in [5.41, 5.74) is 11.3. The molecule has 0 saturated heterocycles. The van der Waals surface area contributed by atoms with Gasteiger partial charge in [0.15, 0.2) is 11.6 Å². The van der Waals surface area contributed by atoms with Crippen LogP contribution in [0.1, 0.15) is 0 Å².